The first-order valence-corrected chi connectivity index (χ1v) is 4.96. The van der Waals surface area contributed by atoms with Gasteiger partial charge in [-0.2, -0.15) is 0 Å². The fraction of sp³-hybridized carbons (Fsp3) is 0.636. The molecule has 4 atom stereocenters. The fourth-order valence-electron chi connectivity index (χ4n) is 3.35. The van der Waals surface area contributed by atoms with Crippen molar-refractivity contribution in [2.75, 3.05) is 0 Å². The van der Waals surface area contributed by atoms with Crippen LogP contribution in [0.5, 0.6) is 0 Å². The van der Waals surface area contributed by atoms with E-state index in [2.05, 4.69) is 12.2 Å². The monoisotopic (exact) mass is 192 g/mol. The molecule has 2 aliphatic carbocycles. The van der Waals surface area contributed by atoms with E-state index in [1.54, 1.807) is 0 Å². The number of hydrogen-bond acceptors (Lipinski definition) is 3. The maximum atomic E-state index is 11.7. The summed E-state index contributed by atoms with van der Waals surface area (Å²) >= 11 is 0. The zero-order valence-electron chi connectivity index (χ0n) is 8.24. The Kier molecular flexibility index (Phi) is 1.14. The third-order valence-electron chi connectivity index (χ3n) is 4.68. The van der Waals surface area contributed by atoms with E-state index in [0.29, 0.717) is 0 Å². The van der Waals surface area contributed by atoms with Crippen molar-refractivity contribution in [1.82, 2.24) is 0 Å². The number of fused-ring (bicyclic) bond motifs is 5. The van der Waals surface area contributed by atoms with Crippen LogP contribution in [0.2, 0.25) is 0 Å². The van der Waals surface area contributed by atoms with Gasteiger partial charge in [-0.3, -0.25) is 9.59 Å². The molecular formula is C11H12O3. The Balaban J connectivity index is 2.26. The molecule has 1 saturated heterocycles. The second-order valence-corrected chi connectivity index (χ2v) is 4.92. The molecule has 1 heterocycles. The highest BCUT2D eigenvalue weighted by Crippen LogP contribution is 2.67. The minimum atomic E-state index is -0.608. The predicted molar refractivity (Wildman–Crippen MR) is 48.1 cm³/mol. The van der Waals surface area contributed by atoms with Crippen molar-refractivity contribution in [3.8, 4) is 0 Å². The van der Waals surface area contributed by atoms with Gasteiger partial charge in [0.25, 0.3) is 0 Å². The van der Waals surface area contributed by atoms with Gasteiger partial charge >= 0.3 is 11.9 Å². The summed E-state index contributed by atoms with van der Waals surface area (Å²) in [5.41, 5.74) is -1.22. The smallest absolute Gasteiger partial charge is 0.321 e. The highest BCUT2D eigenvalue weighted by molar-refractivity contribution is 6.03. The Labute approximate surface area is 82.1 Å². The zero-order valence-corrected chi connectivity index (χ0v) is 8.24. The van der Waals surface area contributed by atoms with E-state index >= 15 is 0 Å². The molecule has 0 aromatic heterocycles. The van der Waals surface area contributed by atoms with E-state index < -0.39 is 10.8 Å². The van der Waals surface area contributed by atoms with Crippen molar-refractivity contribution in [2.45, 2.75) is 20.3 Å². The van der Waals surface area contributed by atoms with Gasteiger partial charge in [0.2, 0.25) is 0 Å². The van der Waals surface area contributed by atoms with Crippen molar-refractivity contribution in [3.63, 3.8) is 0 Å². The summed E-state index contributed by atoms with van der Waals surface area (Å²) in [5.74, 6) is -0.281. The van der Waals surface area contributed by atoms with Crippen LogP contribution in [-0.4, -0.2) is 11.9 Å². The molecule has 3 heteroatoms. The van der Waals surface area contributed by atoms with Crippen molar-refractivity contribution in [3.05, 3.63) is 12.2 Å². The summed E-state index contributed by atoms with van der Waals surface area (Å²) in [6.07, 6.45) is 5.05. The van der Waals surface area contributed by atoms with E-state index in [-0.39, 0.29) is 23.8 Å². The Morgan fingerprint density at radius 2 is 1.57 bits per heavy atom. The van der Waals surface area contributed by atoms with Crippen LogP contribution in [0, 0.1) is 22.7 Å². The third-order valence-corrected chi connectivity index (χ3v) is 4.68. The molecule has 74 valence electrons. The second-order valence-electron chi connectivity index (χ2n) is 4.92. The minimum Gasteiger partial charge on any atom is -0.392 e. The van der Waals surface area contributed by atoms with Crippen LogP contribution >= 0.6 is 0 Å². The SMILES string of the molecule is C[C@@]12C(=O)OC(=O)[C@]1(C)[C@@H]1C=C[C@H]2C1. The number of ether oxygens (including phenoxy) is 1. The van der Waals surface area contributed by atoms with Gasteiger partial charge in [-0.1, -0.05) is 12.2 Å². The van der Waals surface area contributed by atoms with Gasteiger partial charge in [0.05, 0.1) is 10.8 Å². The maximum Gasteiger partial charge on any atom is 0.321 e. The average molecular weight is 192 g/mol. The molecule has 1 aliphatic heterocycles. The molecular weight excluding hydrogens is 180 g/mol. The molecule has 0 spiro atoms. The number of cyclic esters (lactones) is 2. The van der Waals surface area contributed by atoms with Gasteiger partial charge in [-0.25, -0.2) is 0 Å². The standard InChI is InChI=1S/C11H12O3/c1-10-6-3-4-7(5-6)11(10,2)9(13)14-8(10)12/h3-4,6-7H,5H2,1-2H3/t6-,7+,10+,11-. The summed E-state index contributed by atoms with van der Waals surface area (Å²) in [4.78, 5) is 23.4. The highest BCUT2D eigenvalue weighted by atomic mass is 16.6. The summed E-state index contributed by atoms with van der Waals surface area (Å²) in [6.45, 7) is 3.74. The van der Waals surface area contributed by atoms with Crippen LogP contribution in [0.4, 0.5) is 0 Å². The molecule has 14 heavy (non-hydrogen) atoms. The average Bonchev–Trinajstić information content (AvgIpc) is 2.73. The predicted octanol–water partition coefficient (Wildman–Crippen LogP) is 1.29. The molecule has 1 saturated carbocycles. The first-order valence-electron chi connectivity index (χ1n) is 4.96. The fourth-order valence-corrected chi connectivity index (χ4v) is 3.35. The van der Waals surface area contributed by atoms with Gasteiger partial charge in [-0.15, -0.1) is 0 Å². The lowest BCUT2D eigenvalue weighted by molar-refractivity contribution is -0.156. The van der Waals surface area contributed by atoms with Crippen molar-refractivity contribution < 1.29 is 14.3 Å². The summed E-state index contributed by atoms with van der Waals surface area (Å²) in [6, 6.07) is 0. The topological polar surface area (TPSA) is 43.4 Å². The van der Waals surface area contributed by atoms with E-state index in [1.165, 1.54) is 0 Å². The van der Waals surface area contributed by atoms with Crippen LogP contribution in [0.1, 0.15) is 20.3 Å². The van der Waals surface area contributed by atoms with Gasteiger partial charge < -0.3 is 4.74 Å². The third kappa shape index (κ3) is 0.527. The van der Waals surface area contributed by atoms with Crippen molar-refractivity contribution >= 4 is 11.9 Å². The molecule has 0 amide bonds. The highest BCUT2D eigenvalue weighted by Gasteiger charge is 2.73. The Morgan fingerprint density at radius 3 is 2.00 bits per heavy atom. The van der Waals surface area contributed by atoms with E-state index in [4.69, 9.17) is 4.74 Å². The Bertz CT molecular complexity index is 350. The molecule has 3 rings (SSSR count). The largest absolute Gasteiger partial charge is 0.392 e. The lowest BCUT2D eigenvalue weighted by Gasteiger charge is -2.35. The van der Waals surface area contributed by atoms with E-state index in [1.807, 2.05) is 13.8 Å². The van der Waals surface area contributed by atoms with Gasteiger partial charge in [0, 0.05) is 0 Å². The summed E-state index contributed by atoms with van der Waals surface area (Å²) in [7, 11) is 0. The van der Waals surface area contributed by atoms with Crippen LogP contribution in [-0.2, 0) is 14.3 Å². The van der Waals surface area contributed by atoms with Crippen LogP contribution < -0.4 is 0 Å². The number of carbonyl (C=O) groups excluding carboxylic acids is 2. The van der Waals surface area contributed by atoms with E-state index in [0.717, 1.165) is 6.42 Å². The summed E-state index contributed by atoms with van der Waals surface area (Å²) < 4.78 is 4.80. The van der Waals surface area contributed by atoms with Crippen molar-refractivity contribution in [2.24, 2.45) is 22.7 Å². The lowest BCUT2D eigenvalue weighted by Crippen LogP contribution is -2.43. The van der Waals surface area contributed by atoms with Gasteiger partial charge in [0.15, 0.2) is 0 Å². The second kappa shape index (κ2) is 1.95. The first kappa shape index (κ1) is 8.21. The molecule has 3 aliphatic rings. The van der Waals surface area contributed by atoms with Gasteiger partial charge in [0.1, 0.15) is 0 Å². The molecule has 0 aromatic carbocycles. The van der Waals surface area contributed by atoms with Crippen LogP contribution in [0.15, 0.2) is 12.2 Å². The molecule has 2 fully saturated rings. The van der Waals surface area contributed by atoms with Gasteiger partial charge in [-0.05, 0) is 32.1 Å². The number of rotatable bonds is 0. The molecule has 0 unspecified atom stereocenters. The quantitative estimate of drug-likeness (QED) is 0.330. The molecule has 0 radical (unpaired) electrons. The van der Waals surface area contributed by atoms with E-state index in [9.17, 15) is 9.59 Å². The Hall–Kier alpha value is -1.12. The number of allylic oxidation sites excluding steroid dienone is 2. The van der Waals surface area contributed by atoms with Crippen molar-refractivity contribution in [1.29, 1.82) is 0 Å². The maximum absolute atomic E-state index is 11.7. The molecule has 0 aromatic rings. The molecule has 0 N–H and O–H groups in total. The number of esters is 2. The number of carbonyl (C=O) groups is 2. The Morgan fingerprint density at radius 1 is 1.14 bits per heavy atom. The lowest BCUT2D eigenvalue weighted by atomic mass is 9.61. The normalized spacial score (nSPS) is 53.9. The number of hydrogen-bond donors (Lipinski definition) is 0. The zero-order chi connectivity index (χ0) is 10.1. The minimum absolute atomic E-state index is 0.191. The summed E-state index contributed by atoms with van der Waals surface area (Å²) in [5, 5.41) is 0. The van der Waals surface area contributed by atoms with Crippen LogP contribution in [0.25, 0.3) is 0 Å². The molecule has 3 nitrogen and oxygen atoms in total. The van der Waals surface area contributed by atoms with Crippen LogP contribution in [0.3, 0.4) is 0 Å². The molecule has 2 bridgehead atoms. The first-order chi connectivity index (χ1) is 6.51.